The molecular formula is C16H13N5O2. The van der Waals surface area contributed by atoms with E-state index < -0.39 is 0 Å². The number of nitrogen functional groups attached to an aromatic ring is 1. The number of anilines is 2. The van der Waals surface area contributed by atoms with Gasteiger partial charge in [0, 0.05) is 11.3 Å². The number of nitrogens with one attached hydrogen (secondary N) is 1. The first-order valence-electron chi connectivity index (χ1n) is 7.04. The Morgan fingerprint density at radius 3 is 3.00 bits per heavy atom. The van der Waals surface area contributed by atoms with Crippen LogP contribution in [0.2, 0.25) is 0 Å². The molecule has 1 aliphatic rings. The summed E-state index contributed by atoms with van der Waals surface area (Å²) in [4.78, 5) is 11.4. The summed E-state index contributed by atoms with van der Waals surface area (Å²) in [5.74, 6) is 0.481. The lowest BCUT2D eigenvalue weighted by molar-refractivity contribution is -0.118. The monoisotopic (exact) mass is 307 g/mol. The highest BCUT2D eigenvalue weighted by atomic mass is 16.5. The number of rotatable bonds is 2. The van der Waals surface area contributed by atoms with E-state index in [0.717, 1.165) is 11.3 Å². The number of amides is 1. The van der Waals surface area contributed by atoms with Crippen molar-refractivity contribution >= 4 is 17.3 Å². The van der Waals surface area contributed by atoms with Crippen LogP contribution in [0.3, 0.4) is 0 Å². The Morgan fingerprint density at radius 2 is 2.13 bits per heavy atom. The smallest absolute Gasteiger partial charge is 0.262 e. The molecule has 0 unspecified atom stereocenters. The maximum Gasteiger partial charge on any atom is 0.262 e. The van der Waals surface area contributed by atoms with Gasteiger partial charge in [-0.1, -0.05) is 11.3 Å². The molecule has 3 aromatic rings. The summed E-state index contributed by atoms with van der Waals surface area (Å²) in [6.45, 7) is 0.0396. The van der Waals surface area contributed by atoms with Crippen molar-refractivity contribution in [2.24, 2.45) is 0 Å². The van der Waals surface area contributed by atoms with E-state index in [9.17, 15) is 4.79 Å². The van der Waals surface area contributed by atoms with E-state index in [1.165, 1.54) is 0 Å². The van der Waals surface area contributed by atoms with Crippen LogP contribution in [-0.2, 0) is 4.79 Å². The fourth-order valence-corrected chi connectivity index (χ4v) is 2.43. The predicted octanol–water partition coefficient (Wildman–Crippen LogP) is 1.85. The summed E-state index contributed by atoms with van der Waals surface area (Å²) >= 11 is 0. The van der Waals surface area contributed by atoms with Crippen LogP contribution in [0.25, 0.3) is 16.9 Å². The van der Waals surface area contributed by atoms with Crippen LogP contribution in [0.1, 0.15) is 0 Å². The molecule has 0 saturated heterocycles. The van der Waals surface area contributed by atoms with Gasteiger partial charge < -0.3 is 15.8 Å². The minimum absolute atomic E-state index is 0.0396. The van der Waals surface area contributed by atoms with Crippen molar-refractivity contribution in [1.29, 1.82) is 0 Å². The lowest BCUT2D eigenvalue weighted by Gasteiger charge is -2.18. The van der Waals surface area contributed by atoms with E-state index in [4.69, 9.17) is 10.5 Å². The SMILES string of the molecule is Nc1cccc(-n2cc(-c3ccc4c(c3)NC(=O)CO4)nn2)c1. The maximum absolute atomic E-state index is 11.4. The van der Waals surface area contributed by atoms with E-state index in [-0.39, 0.29) is 12.5 Å². The summed E-state index contributed by atoms with van der Waals surface area (Å²) in [6, 6.07) is 12.9. The van der Waals surface area contributed by atoms with Crippen molar-refractivity contribution in [1.82, 2.24) is 15.0 Å². The number of carbonyl (C=O) groups is 1. The van der Waals surface area contributed by atoms with Crippen molar-refractivity contribution < 1.29 is 9.53 Å². The molecule has 23 heavy (non-hydrogen) atoms. The van der Waals surface area contributed by atoms with E-state index in [2.05, 4.69) is 15.6 Å². The zero-order chi connectivity index (χ0) is 15.8. The van der Waals surface area contributed by atoms with Crippen molar-refractivity contribution in [3.63, 3.8) is 0 Å². The molecule has 2 heterocycles. The van der Waals surface area contributed by atoms with E-state index in [0.29, 0.717) is 22.8 Å². The van der Waals surface area contributed by atoms with Gasteiger partial charge in [0.1, 0.15) is 11.4 Å². The molecule has 3 N–H and O–H groups in total. The Kier molecular flexibility index (Phi) is 2.97. The molecule has 2 aromatic carbocycles. The number of aromatic nitrogens is 3. The third kappa shape index (κ3) is 2.48. The zero-order valence-electron chi connectivity index (χ0n) is 12.1. The lowest BCUT2D eigenvalue weighted by Crippen LogP contribution is -2.25. The first-order chi connectivity index (χ1) is 11.2. The van der Waals surface area contributed by atoms with Crippen LogP contribution < -0.4 is 15.8 Å². The number of hydrogen-bond acceptors (Lipinski definition) is 5. The number of fused-ring (bicyclic) bond motifs is 1. The molecule has 0 aliphatic carbocycles. The zero-order valence-corrected chi connectivity index (χ0v) is 12.1. The van der Waals surface area contributed by atoms with Crippen molar-refractivity contribution in [3.05, 3.63) is 48.7 Å². The molecule has 0 bridgehead atoms. The number of carbonyl (C=O) groups excluding carboxylic acids is 1. The molecule has 0 atom stereocenters. The fraction of sp³-hybridized carbons (Fsp3) is 0.0625. The van der Waals surface area contributed by atoms with Gasteiger partial charge in [0.2, 0.25) is 0 Å². The second-order valence-corrected chi connectivity index (χ2v) is 5.19. The van der Waals surface area contributed by atoms with Gasteiger partial charge in [-0.2, -0.15) is 0 Å². The Morgan fingerprint density at radius 1 is 1.22 bits per heavy atom. The molecule has 0 spiro atoms. The van der Waals surface area contributed by atoms with Crippen LogP contribution in [0.5, 0.6) is 5.75 Å². The van der Waals surface area contributed by atoms with Crippen LogP contribution in [-0.4, -0.2) is 27.5 Å². The highest BCUT2D eigenvalue weighted by molar-refractivity contribution is 5.96. The van der Waals surface area contributed by atoms with Crippen LogP contribution in [0.15, 0.2) is 48.7 Å². The minimum Gasteiger partial charge on any atom is -0.482 e. The molecule has 1 amide bonds. The molecule has 7 heteroatoms. The molecule has 0 saturated carbocycles. The Labute approximate surface area is 131 Å². The average molecular weight is 307 g/mol. The number of nitrogens with zero attached hydrogens (tertiary/aromatic N) is 3. The Bertz CT molecular complexity index is 903. The topological polar surface area (TPSA) is 95.1 Å². The average Bonchev–Trinajstić information content (AvgIpc) is 3.04. The highest BCUT2D eigenvalue weighted by Crippen LogP contribution is 2.32. The van der Waals surface area contributed by atoms with Gasteiger partial charge in [-0.05, 0) is 36.4 Å². The van der Waals surface area contributed by atoms with Gasteiger partial charge in [-0.3, -0.25) is 4.79 Å². The van der Waals surface area contributed by atoms with Gasteiger partial charge >= 0.3 is 0 Å². The van der Waals surface area contributed by atoms with Crippen LogP contribution in [0, 0.1) is 0 Å². The van der Waals surface area contributed by atoms with Gasteiger partial charge in [-0.25, -0.2) is 4.68 Å². The molecule has 1 aromatic heterocycles. The van der Waals surface area contributed by atoms with Gasteiger partial charge in [0.05, 0.1) is 17.6 Å². The quantitative estimate of drug-likeness (QED) is 0.704. The number of benzene rings is 2. The van der Waals surface area contributed by atoms with Gasteiger partial charge in [0.25, 0.3) is 5.91 Å². The summed E-state index contributed by atoms with van der Waals surface area (Å²) < 4.78 is 7.00. The van der Waals surface area contributed by atoms with Crippen molar-refractivity contribution in [3.8, 4) is 22.7 Å². The largest absolute Gasteiger partial charge is 0.482 e. The van der Waals surface area contributed by atoms with E-state index in [1.807, 2.05) is 48.7 Å². The molecule has 0 radical (unpaired) electrons. The van der Waals surface area contributed by atoms with Gasteiger partial charge in [-0.15, -0.1) is 5.10 Å². The summed E-state index contributed by atoms with van der Waals surface area (Å²) in [7, 11) is 0. The normalized spacial score (nSPS) is 13.1. The second-order valence-electron chi connectivity index (χ2n) is 5.19. The molecule has 114 valence electrons. The molecule has 7 nitrogen and oxygen atoms in total. The number of ether oxygens (including phenoxy) is 1. The summed E-state index contributed by atoms with van der Waals surface area (Å²) in [5.41, 5.74) is 9.44. The second kappa shape index (κ2) is 5.13. The Hall–Kier alpha value is -3.35. The number of nitrogens with two attached hydrogens (primary N) is 1. The van der Waals surface area contributed by atoms with Crippen LogP contribution >= 0.6 is 0 Å². The summed E-state index contributed by atoms with van der Waals surface area (Å²) in [6.07, 6.45) is 1.81. The number of hydrogen-bond donors (Lipinski definition) is 2. The standard InChI is InChI=1S/C16H13N5O2/c17-11-2-1-3-12(7-11)21-8-14(19-20-21)10-4-5-15-13(6-10)18-16(22)9-23-15/h1-8H,9,17H2,(H,18,22). The third-order valence-corrected chi connectivity index (χ3v) is 3.54. The third-order valence-electron chi connectivity index (χ3n) is 3.54. The Balaban J connectivity index is 1.69. The van der Waals surface area contributed by atoms with E-state index >= 15 is 0 Å². The minimum atomic E-state index is -0.168. The molecular weight excluding hydrogens is 294 g/mol. The summed E-state index contributed by atoms with van der Waals surface area (Å²) in [5, 5.41) is 11.1. The fourth-order valence-electron chi connectivity index (χ4n) is 2.43. The lowest BCUT2D eigenvalue weighted by atomic mass is 10.1. The van der Waals surface area contributed by atoms with Crippen molar-refractivity contribution in [2.45, 2.75) is 0 Å². The predicted molar refractivity (Wildman–Crippen MR) is 85.3 cm³/mol. The van der Waals surface area contributed by atoms with Crippen LogP contribution in [0.4, 0.5) is 11.4 Å². The van der Waals surface area contributed by atoms with Crippen molar-refractivity contribution in [2.75, 3.05) is 17.7 Å². The maximum atomic E-state index is 11.4. The highest BCUT2D eigenvalue weighted by Gasteiger charge is 2.17. The molecule has 0 fully saturated rings. The van der Waals surface area contributed by atoms with E-state index in [1.54, 1.807) is 4.68 Å². The van der Waals surface area contributed by atoms with Gasteiger partial charge in [0.15, 0.2) is 6.61 Å². The first kappa shape index (κ1) is 13.3. The first-order valence-corrected chi connectivity index (χ1v) is 7.04. The molecule has 4 rings (SSSR count). The molecule has 1 aliphatic heterocycles.